The van der Waals surface area contributed by atoms with Crippen LogP contribution in [-0.2, 0) is 7.05 Å². The summed E-state index contributed by atoms with van der Waals surface area (Å²) < 4.78 is 1.67. The maximum atomic E-state index is 12.9. The summed E-state index contributed by atoms with van der Waals surface area (Å²) in [5, 5.41) is 12.6. The van der Waals surface area contributed by atoms with Gasteiger partial charge in [-0.2, -0.15) is 10.2 Å². The second-order valence-electron chi connectivity index (χ2n) is 6.27. The third kappa shape index (κ3) is 3.15. The first-order valence-electron chi connectivity index (χ1n) is 8.64. The summed E-state index contributed by atoms with van der Waals surface area (Å²) in [6.07, 6.45) is 1.66. The van der Waals surface area contributed by atoms with Gasteiger partial charge in [-0.05, 0) is 18.2 Å². The zero-order valence-corrected chi connectivity index (χ0v) is 14.6. The highest BCUT2D eigenvalue weighted by molar-refractivity contribution is 5.94. The van der Waals surface area contributed by atoms with Crippen LogP contribution < -0.4 is 4.90 Å². The van der Waals surface area contributed by atoms with E-state index in [9.17, 15) is 4.79 Å². The summed E-state index contributed by atoms with van der Waals surface area (Å²) in [6, 6.07) is 15.6. The van der Waals surface area contributed by atoms with Crippen molar-refractivity contribution in [2.45, 2.75) is 0 Å². The second-order valence-corrected chi connectivity index (χ2v) is 6.27. The van der Waals surface area contributed by atoms with Gasteiger partial charge in [-0.3, -0.25) is 9.48 Å². The molecule has 0 atom stereocenters. The van der Waals surface area contributed by atoms with Gasteiger partial charge in [-0.25, -0.2) is 0 Å². The summed E-state index contributed by atoms with van der Waals surface area (Å²) in [7, 11) is 1.81. The number of nitrogens with zero attached hydrogens (tertiary/aromatic N) is 6. The molecule has 0 aliphatic carbocycles. The Morgan fingerprint density at radius 1 is 1.00 bits per heavy atom. The van der Waals surface area contributed by atoms with E-state index in [-0.39, 0.29) is 5.91 Å². The highest BCUT2D eigenvalue weighted by atomic mass is 16.2. The molecule has 1 amide bonds. The number of rotatable bonds is 3. The molecule has 0 N–H and O–H groups in total. The number of carbonyl (C=O) groups excluding carboxylic acids is 1. The van der Waals surface area contributed by atoms with E-state index in [1.807, 2.05) is 60.5 Å². The molecule has 0 radical (unpaired) electrons. The van der Waals surface area contributed by atoms with E-state index >= 15 is 0 Å². The van der Waals surface area contributed by atoms with Crippen molar-refractivity contribution in [1.29, 1.82) is 0 Å². The first kappa shape index (κ1) is 16.3. The van der Waals surface area contributed by atoms with E-state index in [2.05, 4.69) is 20.2 Å². The maximum absolute atomic E-state index is 12.9. The lowest BCUT2D eigenvalue weighted by Crippen LogP contribution is -2.49. The number of aryl methyl sites for hydroxylation is 1. The Hall–Kier alpha value is -3.22. The van der Waals surface area contributed by atoms with E-state index in [0.29, 0.717) is 18.8 Å². The molecule has 1 aliphatic heterocycles. The second kappa shape index (κ2) is 6.95. The Labute approximate surface area is 151 Å². The van der Waals surface area contributed by atoms with Crippen molar-refractivity contribution < 1.29 is 4.79 Å². The van der Waals surface area contributed by atoms with Gasteiger partial charge in [0.05, 0.1) is 5.69 Å². The highest BCUT2D eigenvalue weighted by Gasteiger charge is 2.25. The summed E-state index contributed by atoms with van der Waals surface area (Å²) >= 11 is 0. The standard InChI is InChI=1S/C19H20N6O/c1-23-17(14-16(22-23)15-6-3-2-4-7-15)19(26)25-12-10-24(11-13-25)18-8-5-9-20-21-18/h2-9,14H,10-13H2,1H3. The van der Waals surface area contributed by atoms with Crippen molar-refractivity contribution >= 4 is 11.7 Å². The minimum absolute atomic E-state index is 0.0148. The summed E-state index contributed by atoms with van der Waals surface area (Å²) in [6.45, 7) is 2.80. The quantitative estimate of drug-likeness (QED) is 0.722. The Morgan fingerprint density at radius 3 is 2.46 bits per heavy atom. The first-order chi connectivity index (χ1) is 12.7. The normalized spacial score (nSPS) is 14.5. The number of hydrogen-bond acceptors (Lipinski definition) is 5. The van der Waals surface area contributed by atoms with Gasteiger partial charge in [-0.1, -0.05) is 30.3 Å². The van der Waals surface area contributed by atoms with Crippen molar-refractivity contribution in [2.24, 2.45) is 7.05 Å². The van der Waals surface area contributed by atoms with Gasteiger partial charge < -0.3 is 9.80 Å². The van der Waals surface area contributed by atoms with Gasteiger partial charge in [0.1, 0.15) is 5.69 Å². The maximum Gasteiger partial charge on any atom is 0.272 e. The van der Waals surface area contributed by atoms with Crippen molar-refractivity contribution in [2.75, 3.05) is 31.1 Å². The molecule has 7 heteroatoms. The predicted octanol–water partition coefficient (Wildman–Crippen LogP) is 1.84. The average molecular weight is 348 g/mol. The number of aromatic nitrogens is 4. The van der Waals surface area contributed by atoms with E-state index in [4.69, 9.17) is 0 Å². The lowest BCUT2D eigenvalue weighted by Gasteiger charge is -2.35. The summed E-state index contributed by atoms with van der Waals surface area (Å²) in [5.41, 5.74) is 2.43. The zero-order valence-electron chi connectivity index (χ0n) is 14.6. The molecule has 3 aromatic rings. The molecule has 26 heavy (non-hydrogen) atoms. The van der Waals surface area contributed by atoms with E-state index in [1.165, 1.54) is 0 Å². The number of piperazine rings is 1. The molecule has 3 heterocycles. The molecule has 1 aromatic carbocycles. The van der Waals surface area contributed by atoms with Crippen molar-refractivity contribution in [3.8, 4) is 11.3 Å². The van der Waals surface area contributed by atoms with Crippen LogP contribution in [0.2, 0.25) is 0 Å². The fourth-order valence-corrected chi connectivity index (χ4v) is 3.18. The van der Waals surface area contributed by atoms with Crippen LogP contribution in [0.15, 0.2) is 54.7 Å². The van der Waals surface area contributed by atoms with Crippen LogP contribution in [0.5, 0.6) is 0 Å². The lowest BCUT2D eigenvalue weighted by molar-refractivity contribution is 0.0735. The van der Waals surface area contributed by atoms with Gasteiger partial charge in [0.2, 0.25) is 0 Å². The summed E-state index contributed by atoms with van der Waals surface area (Å²) in [5.74, 6) is 0.868. The molecule has 0 bridgehead atoms. The third-order valence-corrected chi connectivity index (χ3v) is 4.62. The molecule has 0 unspecified atom stereocenters. The Balaban J connectivity index is 1.47. The molecule has 1 fully saturated rings. The average Bonchev–Trinajstić information content (AvgIpc) is 3.10. The van der Waals surface area contributed by atoms with Crippen molar-refractivity contribution in [1.82, 2.24) is 24.9 Å². The van der Waals surface area contributed by atoms with Gasteiger partial charge in [0.25, 0.3) is 5.91 Å². The summed E-state index contributed by atoms with van der Waals surface area (Å²) in [4.78, 5) is 16.9. The molecule has 0 spiro atoms. The predicted molar refractivity (Wildman–Crippen MR) is 98.8 cm³/mol. The fourth-order valence-electron chi connectivity index (χ4n) is 3.18. The first-order valence-corrected chi connectivity index (χ1v) is 8.64. The number of carbonyl (C=O) groups is 1. The number of amides is 1. The topological polar surface area (TPSA) is 67.2 Å². The van der Waals surface area contributed by atoms with Gasteiger partial charge in [0.15, 0.2) is 5.82 Å². The molecule has 1 aliphatic rings. The van der Waals surface area contributed by atoms with E-state index in [0.717, 1.165) is 30.2 Å². The molecule has 2 aromatic heterocycles. The highest BCUT2D eigenvalue weighted by Crippen LogP contribution is 2.20. The van der Waals surface area contributed by atoms with Crippen LogP contribution in [0.4, 0.5) is 5.82 Å². The van der Waals surface area contributed by atoms with Crippen LogP contribution in [0.1, 0.15) is 10.5 Å². The fraction of sp³-hybridized carbons (Fsp3) is 0.263. The zero-order chi connectivity index (χ0) is 17.9. The largest absolute Gasteiger partial charge is 0.352 e. The van der Waals surface area contributed by atoms with Crippen LogP contribution in [0.25, 0.3) is 11.3 Å². The Bertz CT molecular complexity index is 885. The smallest absolute Gasteiger partial charge is 0.272 e. The van der Waals surface area contributed by atoms with Crippen LogP contribution in [0.3, 0.4) is 0 Å². The van der Waals surface area contributed by atoms with Gasteiger partial charge in [0, 0.05) is 45.0 Å². The number of benzene rings is 1. The van der Waals surface area contributed by atoms with Crippen LogP contribution in [0, 0.1) is 0 Å². The minimum atomic E-state index is 0.0148. The van der Waals surface area contributed by atoms with Crippen LogP contribution >= 0.6 is 0 Å². The minimum Gasteiger partial charge on any atom is -0.352 e. The van der Waals surface area contributed by atoms with E-state index < -0.39 is 0 Å². The van der Waals surface area contributed by atoms with Gasteiger partial charge >= 0.3 is 0 Å². The van der Waals surface area contributed by atoms with Crippen LogP contribution in [-0.4, -0.2) is 57.0 Å². The molecule has 132 valence electrons. The molecule has 1 saturated heterocycles. The molecule has 0 saturated carbocycles. The Morgan fingerprint density at radius 2 is 1.77 bits per heavy atom. The van der Waals surface area contributed by atoms with Gasteiger partial charge in [-0.15, -0.1) is 5.10 Å². The molecule has 7 nitrogen and oxygen atoms in total. The number of anilines is 1. The van der Waals surface area contributed by atoms with E-state index in [1.54, 1.807) is 10.9 Å². The SMILES string of the molecule is Cn1nc(-c2ccccc2)cc1C(=O)N1CCN(c2cccnn2)CC1. The molecular formula is C19H20N6O. The van der Waals surface area contributed by atoms with Crippen molar-refractivity contribution in [3.05, 3.63) is 60.4 Å². The lowest BCUT2D eigenvalue weighted by atomic mass is 10.1. The number of hydrogen-bond donors (Lipinski definition) is 0. The van der Waals surface area contributed by atoms with Crippen molar-refractivity contribution in [3.63, 3.8) is 0 Å². The third-order valence-electron chi connectivity index (χ3n) is 4.62. The monoisotopic (exact) mass is 348 g/mol. The molecular weight excluding hydrogens is 328 g/mol. The Kier molecular flexibility index (Phi) is 4.35. The molecule has 4 rings (SSSR count).